The number of aryl methyl sites for hydroxylation is 2. The number of hydrogen-bond donors (Lipinski definition) is 2. The fraction of sp³-hybridized carbons (Fsp3) is 0.364. The third kappa shape index (κ3) is 3.97. The number of carbonyl (C=O) groups excluding carboxylic acids is 2. The first-order chi connectivity index (χ1) is 13.0. The van der Waals surface area contributed by atoms with Gasteiger partial charge < -0.3 is 15.4 Å². The van der Waals surface area contributed by atoms with Gasteiger partial charge in [0.2, 0.25) is 11.8 Å². The molecule has 5 heteroatoms. The number of benzene rings is 2. The molecule has 2 aromatic carbocycles. The van der Waals surface area contributed by atoms with Crippen molar-refractivity contribution >= 4 is 17.5 Å². The Bertz CT molecular complexity index is 839. The molecule has 2 amide bonds. The van der Waals surface area contributed by atoms with Gasteiger partial charge in [-0.25, -0.2) is 0 Å². The number of nitrogens with one attached hydrogen (secondary N) is 2. The predicted octanol–water partition coefficient (Wildman–Crippen LogP) is 3.60. The van der Waals surface area contributed by atoms with E-state index in [2.05, 4.69) is 17.6 Å². The molecule has 5 nitrogen and oxygen atoms in total. The third-order valence-corrected chi connectivity index (χ3v) is 5.21. The Kier molecular flexibility index (Phi) is 5.49. The van der Waals surface area contributed by atoms with Crippen LogP contribution < -0.4 is 15.4 Å². The van der Waals surface area contributed by atoms with Crippen molar-refractivity contribution in [2.45, 2.75) is 39.7 Å². The van der Waals surface area contributed by atoms with E-state index in [4.69, 9.17) is 4.74 Å². The molecule has 2 aromatic rings. The molecule has 0 bridgehead atoms. The lowest BCUT2D eigenvalue weighted by Gasteiger charge is -2.18. The molecule has 1 fully saturated rings. The van der Waals surface area contributed by atoms with E-state index < -0.39 is 5.41 Å². The molecule has 0 unspecified atom stereocenters. The van der Waals surface area contributed by atoms with Crippen LogP contribution >= 0.6 is 0 Å². The predicted molar refractivity (Wildman–Crippen MR) is 106 cm³/mol. The van der Waals surface area contributed by atoms with Crippen molar-refractivity contribution in [3.8, 4) is 5.75 Å². The monoisotopic (exact) mass is 366 g/mol. The fourth-order valence-corrected chi connectivity index (χ4v) is 3.21. The first-order valence-corrected chi connectivity index (χ1v) is 9.31. The molecule has 0 aliphatic heterocycles. The van der Waals surface area contributed by atoms with Crippen LogP contribution in [0.1, 0.15) is 36.5 Å². The molecule has 1 aliphatic carbocycles. The zero-order valence-electron chi connectivity index (χ0n) is 16.1. The molecule has 142 valence electrons. The molecule has 0 heterocycles. The number of para-hydroxylation sites is 1. The average Bonchev–Trinajstić information content (AvgIpc) is 3.50. The van der Waals surface area contributed by atoms with E-state index in [1.807, 2.05) is 49.4 Å². The third-order valence-electron chi connectivity index (χ3n) is 5.21. The Morgan fingerprint density at radius 2 is 1.78 bits per heavy atom. The highest BCUT2D eigenvalue weighted by atomic mass is 16.5. The van der Waals surface area contributed by atoms with Crippen molar-refractivity contribution in [3.63, 3.8) is 0 Å². The van der Waals surface area contributed by atoms with Crippen LogP contribution in [-0.2, 0) is 22.6 Å². The molecule has 1 aliphatic rings. The summed E-state index contributed by atoms with van der Waals surface area (Å²) in [7, 11) is 1.62. The zero-order valence-corrected chi connectivity index (χ0v) is 16.1. The van der Waals surface area contributed by atoms with Crippen LogP contribution in [0.3, 0.4) is 0 Å². The van der Waals surface area contributed by atoms with E-state index in [-0.39, 0.29) is 11.8 Å². The molecule has 0 saturated heterocycles. The smallest absolute Gasteiger partial charge is 0.240 e. The van der Waals surface area contributed by atoms with Crippen molar-refractivity contribution in [2.75, 3.05) is 12.4 Å². The summed E-state index contributed by atoms with van der Waals surface area (Å²) in [6, 6.07) is 13.5. The lowest BCUT2D eigenvalue weighted by atomic mass is 10.0. The van der Waals surface area contributed by atoms with Crippen molar-refractivity contribution in [2.24, 2.45) is 5.41 Å². The largest absolute Gasteiger partial charge is 0.497 e. The normalized spacial score (nSPS) is 14.3. The number of carbonyl (C=O) groups is 2. The van der Waals surface area contributed by atoms with E-state index in [9.17, 15) is 9.59 Å². The van der Waals surface area contributed by atoms with E-state index in [0.29, 0.717) is 19.4 Å². The SMILES string of the molecule is CCc1cccc(C)c1NC(=O)C1(C(=O)NCc2ccc(OC)cc2)CC1. The zero-order chi connectivity index (χ0) is 19.4. The Balaban J connectivity index is 1.65. The maximum atomic E-state index is 12.9. The molecule has 0 atom stereocenters. The van der Waals surface area contributed by atoms with Crippen LogP contribution in [0.5, 0.6) is 5.75 Å². The first-order valence-electron chi connectivity index (χ1n) is 9.31. The van der Waals surface area contributed by atoms with Crippen LogP contribution in [0.15, 0.2) is 42.5 Å². The second kappa shape index (κ2) is 7.82. The Morgan fingerprint density at radius 1 is 1.07 bits per heavy atom. The average molecular weight is 366 g/mol. The van der Waals surface area contributed by atoms with Crippen LogP contribution in [0.2, 0.25) is 0 Å². The topological polar surface area (TPSA) is 67.4 Å². The summed E-state index contributed by atoms with van der Waals surface area (Å²) in [5.41, 5.74) is 2.95. The Hall–Kier alpha value is -2.82. The lowest BCUT2D eigenvalue weighted by Crippen LogP contribution is -2.39. The van der Waals surface area contributed by atoms with Gasteiger partial charge in [0.05, 0.1) is 7.11 Å². The number of ether oxygens (including phenoxy) is 1. The van der Waals surface area contributed by atoms with Crippen molar-refractivity contribution in [1.82, 2.24) is 5.32 Å². The van der Waals surface area contributed by atoms with Gasteiger partial charge in [0.15, 0.2) is 0 Å². The first kappa shape index (κ1) is 19.0. The minimum Gasteiger partial charge on any atom is -0.497 e. The number of methoxy groups -OCH3 is 1. The summed E-state index contributed by atoms with van der Waals surface area (Å²) in [5.74, 6) is 0.356. The van der Waals surface area contributed by atoms with Crippen LogP contribution in [0.4, 0.5) is 5.69 Å². The van der Waals surface area contributed by atoms with E-state index in [0.717, 1.165) is 34.5 Å². The Morgan fingerprint density at radius 3 is 2.37 bits per heavy atom. The van der Waals surface area contributed by atoms with Gasteiger partial charge in [-0.15, -0.1) is 0 Å². The summed E-state index contributed by atoms with van der Waals surface area (Å²) in [4.78, 5) is 25.6. The van der Waals surface area contributed by atoms with E-state index >= 15 is 0 Å². The van der Waals surface area contributed by atoms with Gasteiger partial charge in [-0.2, -0.15) is 0 Å². The van der Waals surface area contributed by atoms with Crippen LogP contribution in [-0.4, -0.2) is 18.9 Å². The number of rotatable bonds is 7. The highest BCUT2D eigenvalue weighted by molar-refractivity contribution is 6.13. The van der Waals surface area contributed by atoms with Gasteiger partial charge in [-0.1, -0.05) is 37.3 Å². The van der Waals surface area contributed by atoms with Gasteiger partial charge in [-0.3, -0.25) is 9.59 Å². The molecule has 0 spiro atoms. The fourth-order valence-electron chi connectivity index (χ4n) is 3.21. The van der Waals surface area contributed by atoms with Gasteiger partial charge in [0, 0.05) is 12.2 Å². The molecule has 27 heavy (non-hydrogen) atoms. The molecule has 0 aromatic heterocycles. The van der Waals surface area contributed by atoms with Crippen molar-refractivity contribution in [3.05, 3.63) is 59.2 Å². The summed E-state index contributed by atoms with van der Waals surface area (Å²) >= 11 is 0. The van der Waals surface area contributed by atoms with E-state index in [1.54, 1.807) is 7.11 Å². The molecular weight excluding hydrogens is 340 g/mol. The minimum absolute atomic E-state index is 0.206. The maximum Gasteiger partial charge on any atom is 0.240 e. The molecular formula is C22H26N2O3. The van der Waals surface area contributed by atoms with Crippen molar-refractivity contribution < 1.29 is 14.3 Å². The van der Waals surface area contributed by atoms with Gasteiger partial charge in [0.25, 0.3) is 0 Å². The van der Waals surface area contributed by atoms with Crippen LogP contribution in [0.25, 0.3) is 0 Å². The minimum atomic E-state index is -0.945. The second-order valence-electron chi connectivity index (χ2n) is 7.03. The summed E-state index contributed by atoms with van der Waals surface area (Å²) in [5, 5.41) is 5.92. The molecule has 1 saturated carbocycles. The highest BCUT2D eigenvalue weighted by Gasteiger charge is 2.56. The lowest BCUT2D eigenvalue weighted by molar-refractivity contribution is -0.134. The standard InChI is InChI=1S/C22H26N2O3/c1-4-17-7-5-6-15(2)19(17)24-21(26)22(12-13-22)20(25)23-14-16-8-10-18(27-3)11-9-16/h5-11H,4,12-14H2,1-3H3,(H,23,25)(H,24,26). The number of amides is 2. The molecule has 3 rings (SSSR count). The van der Waals surface area contributed by atoms with Gasteiger partial charge >= 0.3 is 0 Å². The quantitative estimate of drug-likeness (QED) is 0.736. The Labute approximate surface area is 160 Å². The van der Waals surface area contributed by atoms with E-state index in [1.165, 1.54) is 0 Å². The van der Waals surface area contributed by atoms with Crippen molar-refractivity contribution in [1.29, 1.82) is 0 Å². The van der Waals surface area contributed by atoms with Gasteiger partial charge in [0.1, 0.15) is 11.2 Å². The highest BCUT2D eigenvalue weighted by Crippen LogP contribution is 2.47. The molecule has 2 N–H and O–H groups in total. The van der Waals surface area contributed by atoms with Crippen LogP contribution in [0, 0.1) is 12.3 Å². The summed E-state index contributed by atoms with van der Waals surface area (Å²) in [6.45, 7) is 4.42. The summed E-state index contributed by atoms with van der Waals surface area (Å²) < 4.78 is 5.14. The van der Waals surface area contributed by atoms with Gasteiger partial charge in [-0.05, 0) is 55.0 Å². The number of hydrogen-bond acceptors (Lipinski definition) is 3. The number of anilines is 1. The maximum absolute atomic E-state index is 12.9. The molecule has 0 radical (unpaired) electrons. The second-order valence-corrected chi connectivity index (χ2v) is 7.03. The summed E-state index contributed by atoms with van der Waals surface area (Å²) in [6.07, 6.45) is 2.00.